The molecule has 0 saturated carbocycles. The van der Waals surface area contributed by atoms with Gasteiger partial charge in [-0.15, -0.1) is 0 Å². The van der Waals surface area contributed by atoms with Crippen LogP contribution in [0.15, 0.2) is 28.7 Å². The van der Waals surface area contributed by atoms with Gasteiger partial charge in [0.15, 0.2) is 0 Å². The minimum absolute atomic E-state index is 0.440. The van der Waals surface area contributed by atoms with Crippen molar-refractivity contribution in [3.8, 4) is 0 Å². The first-order chi connectivity index (χ1) is 8.80. The summed E-state index contributed by atoms with van der Waals surface area (Å²) in [5, 5.41) is 2.55. The van der Waals surface area contributed by atoms with Crippen molar-refractivity contribution in [1.82, 2.24) is 5.32 Å². The third-order valence-corrected chi connectivity index (χ3v) is 2.76. The van der Waals surface area contributed by atoms with Gasteiger partial charge in [-0.3, -0.25) is 0 Å². The molecule has 0 bridgehead atoms. The minimum atomic E-state index is -0.587. The maximum atomic E-state index is 11.6. The first-order valence-electron chi connectivity index (χ1n) is 5.99. The topological polar surface area (TPSA) is 55.4 Å². The second kappa shape index (κ2) is 6.70. The average molecular weight is 328 g/mol. The van der Waals surface area contributed by atoms with Gasteiger partial charge in [0, 0.05) is 4.47 Å². The molecule has 1 atom stereocenters. The van der Waals surface area contributed by atoms with Gasteiger partial charge in [0.25, 0.3) is 0 Å². The lowest BCUT2D eigenvalue weighted by Gasteiger charge is -2.21. The number of ether oxygens (including phenoxy) is 1. The molecule has 19 heavy (non-hydrogen) atoms. The van der Waals surface area contributed by atoms with Crippen LogP contribution in [0.3, 0.4) is 0 Å². The normalized spacial score (nSPS) is 12.6. The smallest absolute Gasteiger partial charge is 0.408 e. The Bertz CT molecular complexity index is 437. The highest BCUT2D eigenvalue weighted by molar-refractivity contribution is 9.10. The molecule has 0 aliphatic heterocycles. The highest BCUT2D eigenvalue weighted by atomic mass is 79.9. The first kappa shape index (κ1) is 15.7. The van der Waals surface area contributed by atoms with Crippen molar-refractivity contribution in [1.29, 1.82) is 0 Å². The van der Waals surface area contributed by atoms with Crippen LogP contribution in [0.25, 0.3) is 0 Å². The van der Waals surface area contributed by atoms with Crippen molar-refractivity contribution in [3.05, 3.63) is 34.3 Å². The number of nitrogens with one attached hydrogen (secondary N) is 1. The number of halogens is 1. The van der Waals surface area contributed by atoms with Crippen LogP contribution in [-0.4, -0.2) is 24.0 Å². The zero-order valence-corrected chi connectivity index (χ0v) is 12.9. The summed E-state index contributed by atoms with van der Waals surface area (Å²) in [7, 11) is 0. The van der Waals surface area contributed by atoms with Crippen molar-refractivity contribution in [2.24, 2.45) is 0 Å². The zero-order valence-electron chi connectivity index (χ0n) is 11.3. The molecule has 4 nitrogen and oxygen atoms in total. The number of benzene rings is 1. The summed E-state index contributed by atoms with van der Waals surface area (Å²) >= 11 is 3.34. The van der Waals surface area contributed by atoms with Gasteiger partial charge in [0.2, 0.25) is 0 Å². The highest BCUT2D eigenvalue weighted by Crippen LogP contribution is 2.12. The van der Waals surface area contributed by atoms with E-state index in [1.165, 1.54) is 0 Å². The van der Waals surface area contributed by atoms with Gasteiger partial charge in [0.05, 0.1) is 6.04 Å². The van der Waals surface area contributed by atoms with Gasteiger partial charge in [0.1, 0.15) is 11.9 Å². The molecular formula is C14H18BrNO3. The Balaban J connectivity index is 2.57. The molecule has 1 rings (SSSR count). The molecule has 1 unspecified atom stereocenters. The number of hydrogen-bond acceptors (Lipinski definition) is 3. The van der Waals surface area contributed by atoms with E-state index in [0.717, 1.165) is 10.0 Å². The number of carbonyl (C=O) groups is 2. The lowest BCUT2D eigenvalue weighted by molar-refractivity contribution is -0.109. The Morgan fingerprint density at radius 1 is 1.37 bits per heavy atom. The molecule has 1 aromatic carbocycles. The van der Waals surface area contributed by atoms with Crippen LogP contribution in [0.4, 0.5) is 4.79 Å². The van der Waals surface area contributed by atoms with E-state index < -0.39 is 17.7 Å². The molecule has 0 aliphatic rings. The van der Waals surface area contributed by atoms with E-state index in [-0.39, 0.29) is 0 Å². The minimum Gasteiger partial charge on any atom is -0.444 e. The summed E-state index contributed by atoms with van der Waals surface area (Å²) in [5.41, 5.74) is 0.395. The highest BCUT2D eigenvalue weighted by Gasteiger charge is 2.19. The molecule has 0 fully saturated rings. The predicted molar refractivity (Wildman–Crippen MR) is 77.1 cm³/mol. The Labute approximate surface area is 121 Å². The van der Waals surface area contributed by atoms with Gasteiger partial charge in [-0.25, -0.2) is 4.79 Å². The SMILES string of the molecule is CC(C)(C)OC(=O)NC(C=O)Cc1ccc(Br)cc1. The lowest BCUT2D eigenvalue weighted by Crippen LogP contribution is -2.41. The molecule has 104 valence electrons. The Hall–Kier alpha value is -1.36. The van der Waals surface area contributed by atoms with Crippen molar-refractivity contribution < 1.29 is 14.3 Å². The Morgan fingerprint density at radius 3 is 2.42 bits per heavy atom. The molecule has 0 spiro atoms. The van der Waals surface area contributed by atoms with Crippen LogP contribution in [0.5, 0.6) is 0 Å². The number of aldehydes is 1. The van der Waals surface area contributed by atoms with Crippen molar-refractivity contribution in [2.75, 3.05) is 0 Å². The molecule has 0 radical (unpaired) electrons. The van der Waals surface area contributed by atoms with Crippen molar-refractivity contribution >= 4 is 28.3 Å². The third-order valence-electron chi connectivity index (χ3n) is 2.24. The van der Waals surface area contributed by atoms with E-state index in [9.17, 15) is 9.59 Å². The lowest BCUT2D eigenvalue weighted by atomic mass is 10.1. The van der Waals surface area contributed by atoms with E-state index in [1.807, 2.05) is 24.3 Å². The number of carbonyl (C=O) groups excluding carboxylic acids is 2. The maximum Gasteiger partial charge on any atom is 0.408 e. The number of rotatable bonds is 4. The quantitative estimate of drug-likeness (QED) is 0.864. The fourth-order valence-electron chi connectivity index (χ4n) is 1.47. The molecule has 5 heteroatoms. The van der Waals surface area contributed by atoms with Crippen LogP contribution in [0.2, 0.25) is 0 Å². The van der Waals surface area contributed by atoms with Crippen LogP contribution in [-0.2, 0) is 16.0 Å². The molecule has 0 heterocycles. The standard InChI is InChI=1S/C14H18BrNO3/c1-14(2,3)19-13(18)16-12(9-17)8-10-4-6-11(15)7-5-10/h4-7,9,12H,8H2,1-3H3,(H,16,18). The van der Waals surface area contributed by atoms with E-state index in [0.29, 0.717) is 12.7 Å². The van der Waals surface area contributed by atoms with Crippen LogP contribution in [0, 0.1) is 0 Å². The maximum absolute atomic E-state index is 11.6. The number of amides is 1. The van der Waals surface area contributed by atoms with Crippen LogP contribution >= 0.6 is 15.9 Å². The largest absolute Gasteiger partial charge is 0.444 e. The van der Waals surface area contributed by atoms with Gasteiger partial charge >= 0.3 is 6.09 Å². The number of hydrogen-bond donors (Lipinski definition) is 1. The van der Waals surface area contributed by atoms with Crippen LogP contribution in [0.1, 0.15) is 26.3 Å². The summed E-state index contributed by atoms with van der Waals surface area (Å²) < 4.78 is 6.08. The summed E-state index contributed by atoms with van der Waals surface area (Å²) in [4.78, 5) is 22.6. The molecule has 0 aliphatic carbocycles. The average Bonchev–Trinajstić information content (AvgIpc) is 2.28. The fourth-order valence-corrected chi connectivity index (χ4v) is 1.73. The summed E-state index contributed by atoms with van der Waals surface area (Å²) in [6.07, 6.45) is 0.573. The second-order valence-electron chi connectivity index (χ2n) is 5.22. The van der Waals surface area contributed by atoms with E-state index in [4.69, 9.17) is 4.74 Å². The van der Waals surface area contributed by atoms with E-state index in [1.54, 1.807) is 20.8 Å². The van der Waals surface area contributed by atoms with Crippen molar-refractivity contribution in [3.63, 3.8) is 0 Å². The zero-order chi connectivity index (χ0) is 14.5. The monoisotopic (exact) mass is 327 g/mol. The third kappa shape index (κ3) is 6.38. The Kier molecular flexibility index (Phi) is 5.54. The summed E-state index contributed by atoms with van der Waals surface area (Å²) in [6, 6.07) is 7.00. The van der Waals surface area contributed by atoms with Crippen LogP contribution < -0.4 is 5.32 Å². The molecule has 1 aromatic rings. The predicted octanol–water partition coefficient (Wildman–Crippen LogP) is 3.08. The Morgan fingerprint density at radius 2 is 1.95 bits per heavy atom. The molecule has 0 aromatic heterocycles. The van der Waals surface area contributed by atoms with E-state index in [2.05, 4.69) is 21.2 Å². The molecule has 0 saturated heterocycles. The van der Waals surface area contributed by atoms with E-state index >= 15 is 0 Å². The van der Waals surface area contributed by atoms with Crippen molar-refractivity contribution in [2.45, 2.75) is 38.8 Å². The van der Waals surface area contributed by atoms with Gasteiger partial charge in [-0.05, 0) is 44.9 Å². The van der Waals surface area contributed by atoms with Gasteiger partial charge in [-0.2, -0.15) is 0 Å². The summed E-state index contributed by atoms with van der Waals surface area (Å²) in [6.45, 7) is 5.33. The van der Waals surface area contributed by atoms with Gasteiger partial charge < -0.3 is 14.8 Å². The second-order valence-corrected chi connectivity index (χ2v) is 6.14. The first-order valence-corrected chi connectivity index (χ1v) is 6.79. The number of alkyl carbamates (subject to hydrolysis) is 1. The summed E-state index contributed by atoms with van der Waals surface area (Å²) in [5.74, 6) is 0. The van der Waals surface area contributed by atoms with Gasteiger partial charge in [-0.1, -0.05) is 28.1 Å². The molecule has 1 amide bonds. The molecule has 1 N–H and O–H groups in total. The fraction of sp³-hybridized carbons (Fsp3) is 0.429. The molecular weight excluding hydrogens is 310 g/mol.